The van der Waals surface area contributed by atoms with Gasteiger partial charge in [-0.3, -0.25) is 0 Å². The first-order chi connectivity index (χ1) is 12.8. The fraction of sp³-hybridized carbons (Fsp3) is 0.280. The van der Waals surface area contributed by atoms with Gasteiger partial charge in [0.1, 0.15) is 0 Å². The maximum absolute atomic E-state index is 3.58. The first kappa shape index (κ1) is 21.7. The molecule has 138 valence electrons. The number of hydrogen-bond acceptors (Lipinski definition) is 1. The molecule has 0 bridgehead atoms. The van der Waals surface area contributed by atoms with Gasteiger partial charge >= 0.3 is 0 Å². The van der Waals surface area contributed by atoms with Crippen molar-refractivity contribution in [2.24, 2.45) is 0 Å². The van der Waals surface area contributed by atoms with Gasteiger partial charge in [-0.15, -0.1) is 0 Å². The summed E-state index contributed by atoms with van der Waals surface area (Å²) in [6.07, 6.45) is 0. The van der Waals surface area contributed by atoms with E-state index in [9.17, 15) is 0 Å². The molecule has 0 amide bonds. The summed E-state index contributed by atoms with van der Waals surface area (Å²) in [5.41, 5.74) is 4.67. The molecular formula is C25H33N. The van der Waals surface area contributed by atoms with Crippen LogP contribution in [0.2, 0.25) is 0 Å². The number of aryl methyl sites for hydroxylation is 1. The third kappa shape index (κ3) is 4.62. The average Bonchev–Trinajstić information content (AvgIpc) is 2.75. The fourth-order valence-corrected chi connectivity index (χ4v) is 3.11. The van der Waals surface area contributed by atoms with Gasteiger partial charge < -0.3 is 5.32 Å². The lowest BCUT2D eigenvalue weighted by Crippen LogP contribution is -2.42. The van der Waals surface area contributed by atoms with Crippen molar-refractivity contribution in [3.05, 3.63) is 107 Å². The van der Waals surface area contributed by atoms with E-state index in [-0.39, 0.29) is 5.54 Å². The zero-order valence-corrected chi connectivity index (χ0v) is 17.1. The van der Waals surface area contributed by atoms with Crippen molar-refractivity contribution in [1.82, 2.24) is 5.32 Å². The van der Waals surface area contributed by atoms with Gasteiger partial charge in [-0.25, -0.2) is 0 Å². The lowest BCUT2D eigenvalue weighted by molar-refractivity contribution is 0.525. The van der Waals surface area contributed by atoms with E-state index in [1.807, 2.05) is 34.7 Å². The Morgan fingerprint density at radius 3 is 1.23 bits per heavy atom. The predicted molar refractivity (Wildman–Crippen MR) is 116 cm³/mol. The van der Waals surface area contributed by atoms with Crippen LogP contribution in [0.4, 0.5) is 0 Å². The summed E-state index contributed by atoms with van der Waals surface area (Å²) in [6, 6.07) is 30.0. The molecular weight excluding hydrogens is 314 g/mol. The Labute approximate surface area is 160 Å². The standard InChI is InChI=1S/C21H21N.2C2H6/c1-17-13-15-20(16-14-17)21(22-2,18-9-5-3-6-10-18)19-11-7-4-8-12-19;2*1-2/h3-16,22H,1-2H3;2*1-2H3. The van der Waals surface area contributed by atoms with Crippen LogP contribution in [-0.2, 0) is 5.54 Å². The van der Waals surface area contributed by atoms with Crippen molar-refractivity contribution in [2.75, 3.05) is 7.05 Å². The largest absolute Gasteiger partial charge is 0.303 e. The van der Waals surface area contributed by atoms with Crippen LogP contribution in [0.1, 0.15) is 49.9 Å². The van der Waals surface area contributed by atoms with Gasteiger partial charge in [0.15, 0.2) is 0 Å². The molecule has 3 aromatic carbocycles. The van der Waals surface area contributed by atoms with Crippen molar-refractivity contribution in [2.45, 2.75) is 40.2 Å². The minimum atomic E-state index is -0.337. The van der Waals surface area contributed by atoms with Gasteiger partial charge in [-0.1, -0.05) is 118 Å². The zero-order chi connectivity index (χ0) is 19.4. The number of hydrogen-bond donors (Lipinski definition) is 1. The van der Waals surface area contributed by atoms with Crippen LogP contribution in [0.25, 0.3) is 0 Å². The fourth-order valence-electron chi connectivity index (χ4n) is 3.11. The second-order valence-electron chi connectivity index (χ2n) is 5.60. The van der Waals surface area contributed by atoms with E-state index in [1.165, 1.54) is 22.3 Å². The third-order valence-electron chi connectivity index (χ3n) is 4.27. The van der Waals surface area contributed by atoms with E-state index in [4.69, 9.17) is 0 Å². The Kier molecular flexibility index (Phi) is 9.40. The first-order valence-electron chi connectivity index (χ1n) is 9.64. The minimum absolute atomic E-state index is 0.337. The van der Waals surface area contributed by atoms with Gasteiger partial charge in [0, 0.05) is 0 Å². The molecule has 26 heavy (non-hydrogen) atoms. The van der Waals surface area contributed by atoms with Crippen molar-refractivity contribution in [1.29, 1.82) is 0 Å². The summed E-state index contributed by atoms with van der Waals surface area (Å²) < 4.78 is 0. The predicted octanol–water partition coefficient (Wildman–Crippen LogP) is 6.56. The van der Waals surface area contributed by atoms with E-state index in [2.05, 4.69) is 97.2 Å². The summed E-state index contributed by atoms with van der Waals surface area (Å²) in [7, 11) is 2.03. The second kappa shape index (κ2) is 11.3. The second-order valence-corrected chi connectivity index (χ2v) is 5.60. The molecule has 0 unspecified atom stereocenters. The maximum atomic E-state index is 3.58. The molecule has 0 aliphatic carbocycles. The summed E-state index contributed by atoms with van der Waals surface area (Å²) in [4.78, 5) is 0. The molecule has 1 heteroatoms. The normalized spacial score (nSPS) is 10.1. The van der Waals surface area contributed by atoms with E-state index in [1.54, 1.807) is 0 Å². The molecule has 0 saturated carbocycles. The lowest BCUT2D eigenvalue weighted by atomic mass is 9.77. The van der Waals surface area contributed by atoms with Crippen molar-refractivity contribution in [3.8, 4) is 0 Å². The first-order valence-corrected chi connectivity index (χ1v) is 9.64. The van der Waals surface area contributed by atoms with Crippen LogP contribution in [0.3, 0.4) is 0 Å². The molecule has 3 rings (SSSR count). The average molecular weight is 348 g/mol. The quantitative estimate of drug-likeness (QED) is 0.527. The molecule has 0 aliphatic rings. The maximum Gasteiger partial charge on any atom is 0.0945 e. The van der Waals surface area contributed by atoms with Crippen molar-refractivity contribution < 1.29 is 0 Å². The highest BCUT2D eigenvalue weighted by Crippen LogP contribution is 2.36. The van der Waals surface area contributed by atoms with E-state index in [0.29, 0.717) is 0 Å². The molecule has 0 heterocycles. The van der Waals surface area contributed by atoms with E-state index >= 15 is 0 Å². The van der Waals surface area contributed by atoms with Crippen LogP contribution in [0, 0.1) is 6.92 Å². The lowest BCUT2D eigenvalue weighted by Gasteiger charge is -2.35. The van der Waals surface area contributed by atoms with Crippen LogP contribution < -0.4 is 5.32 Å². The SMILES string of the molecule is CC.CC.CNC(c1ccccc1)(c1ccccc1)c1ccc(C)cc1. The van der Waals surface area contributed by atoms with Crippen LogP contribution in [0.5, 0.6) is 0 Å². The molecule has 0 aliphatic heterocycles. The van der Waals surface area contributed by atoms with Crippen LogP contribution in [0.15, 0.2) is 84.9 Å². The van der Waals surface area contributed by atoms with Crippen molar-refractivity contribution in [3.63, 3.8) is 0 Å². The highest BCUT2D eigenvalue weighted by molar-refractivity contribution is 5.49. The van der Waals surface area contributed by atoms with Gasteiger partial charge in [0.25, 0.3) is 0 Å². The third-order valence-corrected chi connectivity index (χ3v) is 4.27. The van der Waals surface area contributed by atoms with Gasteiger partial charge in [-0.2, -0.15) is 0 Å². The molecule has 3 aromatic rings. The molecule has 0 fully saturated rings. The molecule has 0 saturated heterocycles. The number of rotatable bonds is 4. The van der Waals surface area contributed by atoms with Crippen LogP contribution >= 0.6 is 0 Å². The Balaban J connectivity index is 0.000000791. The topological polar surface area (TPSA) is 12.0 Å². The van der Waals surface area contributed by atoms with Crippen LogP contribution in [-0.4, -0.2) is 7.05 Å². The van der Waals surface area contributed by atoms with E-state index in [0.717, 1.165) is 0 Å². The molecule has 1 N–H and O–H groups in total. The van der Waals surface area contributed by atoms with Gasteiger partial charge in [0.2, 0.25) is 0 Å². The summed E-state index contributed by atoms with van der Waals surface area (Å²) in [6.45, 7) is 10.1. The molecule has 0 radical (unpaired) electrons. The molecule has 0 aromatic heterocycles. The number of nitrogens with one attached hydrogen (secondary N) is 1. The molecule has 0 atom stereocenters. The summed E-state index contributed by atoms with van der Waals surface area (Å²) in [5.74, 6) is 0. The zero-order valence-electron chi connectivity index (χ0n) is 17.1. The molecule has 0 spiro atoms. The monoisotopic (exact) mass is 347 g/mol. The number of benzene rings is 3. The highest BCUT2D eigenvalue weighted by atomic mass is 14.9. The Morgan fingerprint density at radius 2 is 0.885 bits per heavy atom. The smallest absolute Gasteiger partial charge is 0.0945 e. The minimum Gasteiger partial charge on any atom is -0.303 e. The van der Waals surface area contributed by atoms with Crippen molar-refractivity contribution >= 4 is 0 Å². The van der Waals surface area contributed by atoms with Gasteiger partial charge in [0.05, 0.1) is 5.54 Å². The summed E-state index contributed by atoms with van der Waals surface area (Å²) in [5, 5.41) is 3.58. The highest BCUT2D eigenvalue weighted by Gasteiger charge is 2.34. The Morgan fingerprint density at radius 1 is 0.538 bits per heavy atom. The summed E-state index contributed by atoms with van der Waals surface area (Å²) >= 11 is 0. The van der Waals surface area contributed by atoms with Gasteiger partial charge in [-0.05, 0) is 30.7 Å². The molecule has 1 nitrogen and oxygen atoms in total. The Hall–Kier alpha value is -2.38. The Bertz CT molecular complexity index is 676. The van der Waals surface area contributed by atoms with E-state index < -0.39 is 0 Å².